The molecule has 0 aliphatic rings. The Morgan fingerprint density at radius 1 is 0.778 bits per heavy atom. The fourth-order valence-electron chi connectivity index (χ4n) is 3.71. The molecule has 0 aromatic heterocycles. The number of anilines is 3. The predicted molar refractivity (Wildman–Crippen MR) is 145 cm³/mol. The number of hydrogen-bond acceptors (Lipinski definition) is 4. The largest absolute Gasteiger partial charge is 0.493 e. The Morgan fingerprint density at radius 2 is 1.47 bits per heavy atom. The van der Waals surface area contributed by atoms with Crippen molar-refractivity contribution >= 4 is 28.9 Å². The average Bonchev–Trinajstić information content (AvgIpc) is 2.92. The van der Waals surface area contributed by atoms with Crippen LogP contribution >= 0.6 is 0 Å². The van der Waals surface area contributed by atoms with E-state index in [0.29, 0.717) is 17.9 Å². The van der Waals surface area contributed by atoms with Crippen molar-refractivity contribution in [3.05, 3.63) is 120 Å². The molecule has 182 valence electrons. The zero-order valence-corrected chi connectivity index (χ0v) is 20.2. The van der Waals surface area contributed by atoms with E-state index in [-0.39, 0.29) is 18.4 Å². The normalized spacial score (nSPS) is 10.4. The molecule has 0 saturated heterocycles. The highest BCUT2D eigenvalue weighted by Crippen LogP contribution is 2.19. The monoisotopic (exact) mass is 479 g/mol. The minimum absolute atomic E-state index is 0.0789. The molecule has 4 aromatic carbocycles. The maximum absolute atomic E-state index is 12.9. The second-order valence-electron chi connectivity index (χ2n) is 8.29. The Morgan fingerprint density at radius 3 is 2.25 bits per heavy atom. The lowest BCUT2D eigenvalue weighted by Gasteiger charge is -2.18. The minimum Gasteiger partial charge on any atom is -0.493 e. The van der Waals surface area contributed by atoms with Crippen LogP contribution in [0.2, 0.25) is 0 Å². The molecule has 0 aliphatic carbocycles. The van der Waals surface area contributed by atoms with Gasteiger partial charge in [0, 0.05) is 42.2 Å². The van der Waals surface area contributed by atoms with Gasteiger partial charge in [0.2, 0.25) is 5.91 Å². The topological polar surface area (TPSA) is 70.7 Å². The van der Waals surface area contributed by atoms with Gasteiger partial charge in [-0.3, -0.25) is 9.59 Å². The molecule has 0 radical (unpaired) electrons. The summed E-state index contributed by atoms with van der Waals surface area (Å²) in [5.41, 5.74) is 3.86. The fraction of sp³-hybridized carbons (Fsp3) is 0.133. The van der Waals surface area contributed by atoms with Crippen molar-refractivity contribution < 1.29 is 14.3 Å². The van der Waals surface area contributed by atoms with Crippen LogP contribution in [-0.2, 0) is 11.2 Å². The van der Waals surface area contributed by atoms with Gasteiger partial charge in [0.05, 0.1) is 13.2 Å². The molecular formula is C30H29N3O3. The summed E-state index contributed by atoms with van der Waals surface area (Å²) in [6.45, 7) is 0.651. The summed E-state index contributed by atoms with van der Waals surface area (Å²) in [5, 5.41) is 5.97. The summed E-state index contributed by atoms with van der Waals surface area (Å²) < 4.78 is 5.86. The van der Waals surface area contributed by atoms with Gasteiger partial charge in [-0.25, -0.2) is 0 Å². The number of carbonyl (C=O) groups is 2. The Hall–Kier alpha value is -4.58. The predicted octanol–water partition coefficient (Wildman–Crippen LogP) is 5.64. The zero-order valence-electron chi connectivity index (χ0n) is 20.2. The smallest absolute Gasteiger partial charge is 0.258 e. The van der Waals surface area contributed by atoms with Crippen LogP contribution in [0.4, 0.5) is 17.1 Å². The highest BCUT2D eigenvalue weighted by atomic mass is 16.5. The number of nitrogens with one attached hydrogen (secondary N) is 2. The van der Waals surface area contributed by atoms with Gasteiger partial charge in [-0.1, -0.05) is 60.7 Å². The molecule has 6 heteroatoms. The highest BCUT2D eigenvalue weighted by Gasteiger charge is 2.14. The van der Waals surface area contributed by atoms with Gasteiger partial charge in [0.15, 0.2) is 0 Å². The van der Waals surface area contributed by atoms with Crippen LogP contribution in [-0.4, -0.2) is 32.0 Å². The third-order valence-electron chi connectivity index (χ3n) is 5.63. The van der Waals surface area contributed by atoms with Crippen LogP contribution in [0.5, 0.6) is 5.75 Å². The van der Waals surface area contributed by atoms with Crippen LogP contribution in [0, 0.1) is 0 Å². The maximum Gasteiger partial charge on any atom is 0.258 e. The van der Waals surface area contributed by atoms with Crippen molar-refractivity contribution in [2.45, 2.75) is 6.42 Å². The van der Waals surface area contributed by atoms with Crippen molar-refractivity contribution in [3.8, 4) is 5.75 Å². The van der Waals surface area contributed by atoms with Crippen LogP contribution in [0.25, 0.3) is 0 Å². The number of hydrogen-bond donors (Lipinski definition) is 2. The number of amides is 2. The molecule has 0 atom stereocenters. The van der Waals surface area contributed by atoms with Crippen molar-refractivity contribution in [2.24, 2.45) is 0 Å². The lowest BCUT2D eigenvalue weighted by atomic mass is 10.1. The van der Waals surface area contributed by atoms with Gasteiger partial charge in [0.1, 0.15) is 5.75 Å². The van der Waals surface area contributed by atoms with Crippen LogP contribution in [0.1, 0.15) is 15.9 Å². The van der Waals surface area contributed by atoms with Crippen molar-refractivity contribution in [2.75, 3.05) is 35.7 Å². The summed E-state index contributed by atoms with van der Waals surface area (Å²) in [6, 6.07) is 34.1. The molecule has 2 N–H and O–H groups in total. The molecule has 6 nitrogen and oxygen atoms in total. The third kappa shape index (κ3) is 6.96. The lowest BCUT2D eigenvalue weighted by Crippen LogP contribution is -2.26. The van der Waals surface area contributed by atoms with E-state index in [9.17, 15) is 9.59 Å². The first-order valence-electron chi connectivity index (χ1n) is 11.8. The summed E-state index contributed by atoms with van der Waals surface area (Å²) >= 11 is 0. The SMILES string of the molecule is CN(C(=O)c1cccc(NC(=O)CNc2cccc(OCCc3ccccc3)c2)c1)c1ccccc1. The fourth-order valence-corrected chi connectivity index (χ4v) is 3.71. The Kier molecular flexibility index (Phi) is 8.33. The van der Waals surface area contributed by atoms with Gasteiger partial charge in [-0.05, 0) is 48.0 Å². The van der Waals surface area contributed by atoms with Crippen molar-refractivity contribution in [3.63, 3.8) is 0 Å². The minimum atomic E-state index is -0.216. The molecule has 0 bridgehead atoms. The number of benzene rings is 4. The standard InChI is InChI=1S/C30H29N3O3/c1-33(27-15-6-3-7-16-27)30(35)24-12-8-14-26(20-24)32-29(34)22-31-25-13-9-17-28(21-25)36-19-18-23-10-4-2-5-11-23/h2-17,20-21,31H,18-19,22H2,1H3,(H,32,34). The highest BCUT2D eigenvalue weighted by molar-refractivity contribution is 6.06. The second kappa shape index (κ2) is 12.2. The van der Waals surface area contributed by atoms with Gasteiger partial charge in [-0.2, -0.15) is 0 Å². The molecule has 0 unspecified atom stereocenters. The zero-order chi connectivity index (χ0) is 25.2. The quantitative estimate of drug-likeness (QED) is 0.309. The molecule has 0 heterocycles. The number of para-hydroxylation sites is 1. The molecule has 0 spiro atoms. The van der Waals surface area contributed by atoms with Crippen molar-refractivity contribution in [1.82, 2.24) is 0 Å². The first-order chi connectivity index (χ1) is 17.6. The van der Waals surface area contributed by atoms with E-state index in [2.05, 4.69) is 22.8 Å². The van der Waals surface area contributed by atoms with Crippen LogP contribution in [0.15, 0.2) is 109 Å². The molecule has 0 fully saturated rings. The first kappa shape index (κ1) is 24.5. The Labute approximate surface area is 211 Å². The molecule has 4 aromatic rings. The lowest BCUT2D eigenvalue weighted by molar-refractivity contribution is -0.114. The van der Waals surface area contributed by atoms with Gasteiger partial charge < -0.3 is 20.3 Å². The van der Waals surface area contributed by atoms with Gasteiger partial charge in [-0.15, -0.1) is 0 Å². The third-order valence-corrected chi connectivity index (χ3v) is 5.63. The van der Waals surface area contributed by atoms with Gasteiger partial charge >= 0.3 is 0 Å². The Balaban J connectivity index is 1.28. The van der Waals surface area contributed by atoms with E-state index in [4.69, 9.17) is 4.74 Å². The number of carbonyl (C=O) groups excluding carboxylic acids is 2. The molecular weight excluding hydrogens is 450 g/mol. The Bertz CT molecular complexity index is 1290. The molecule has 0 aliphatic heterocycles. The van der Waals surface area contributed by atoms with E-state index in [1.54, 1.807) is 36.2 Å². The number of nitrogens with zero attached hydrogens (tertiary/aromatic N) is 1. The molecule has 0 saturated carbocycles. The van der Waals surface area contributed by atoms with E-state index in [1.165, 1.54) is 5.56 Å². The average molecular weight is 480 g/mol. The molecule has 36 heavy (non-hydrogen) atoms. The van der Waals surface area contributed by atoms with Crippen LogP contribution < -0.4 is 20.3 Å². The van der Waals surface area contributed by atoms with E-state index in [0.717, 1.165) is 23.5 Å². The summed E-state index contributed by atoms with van der Waals surface area (Å²) in [5.74, 6) is 0.371. The molecule has 4 rings (SSSR count). The van der Waals surface area contributed by atoms with Crippen LogP contribution in [0.3, 0.4) is 0 Å². The number of rotatable bonds is 10. The maximum atomic E-state index is 12.9. The van der Waals surface area contributed by atoms with E-state index >= 15 is 0 Å². The second-order valence-corrected chi connectivity index (χ2v) is 8.29. The van der Waals surface area contributed by atoms with Gasteiger partial charge in [0.25, 0.3) is 5.91 Å². The molecule has 2 amide bonds. The van der Waals surface area contributed by atoms with E-state index in [1.807, 2.05) is 72.8 Å². The number of ether oxygens (including phenoxy) is 1. The summed E-state index contributed by atoms with van der Waals surface area (Å²) in [4.78, 5) is 27.0. The first-order valence-corrected chi connectivity index (χ1v) is 11.8. The van der Waals surface area contributed by atoms with Crippen molar-refractivity contribution in [1.29, 1.82) is 0 Å². The van der Waals surface area contributed by atoms with E-state index < -0.39 is 0 Å². The summed E-state index contributed by atoms with van der Waals surface area (Å²) in [7, 11) is 1.73. The summed E-state index contributed by atoms with van der Waals surface area (Å²) in [6.07, 6.45) is 0.823.